The molecule has 1 saturated heterocycles. The van der Waals surface area contributed by atoms with Gasteiger partial charge >= 0.3 is 0 Å². The first-order chi connectivity index (χ1) is 14.3. The predicted octanol–water partition coefficient (Wildman–Crippen LogP) is 5.26. The monoisotopic (exact) mass is 391 g/mol. The third-order valence-corrected chi connectivity index (χ3v) is 5.52. The van der Waals surface area contributed by atoms with Gasteiger partial charge in [-0.25, -0.2) is 0 Å². The Labute approximate surface area is 175 Å². The second-order valence-electron chi connectivity index (χ2n) is 7.71. The first-order valence-corrected chi connectivity index (χ1v) is 11.0. The average molecular weight is 392 g/mol. The van der Waals surface area contributed by atoms with E-state index in [1.54, 1.807) is 6.20 Å². The molecule has 154 valence electrons. The van der Waals surface area contributed by atoms with Crippen LogP contribution in [-0.4, -0.2) is 42.0 Å². The Hall–Kier alpha value is -2.62. The number of carbonyl (C=O) groups is 1. The molecule has 0 N–H and O–H groups in total. The van der Waals surface area contributed by atoms with Gasteiger partial charge in [0.2, 0.25) is 5.91 Å². The molecule has 0 unspecified atom stereocenters. The zero-order valence-corrected chi connectivity index (χ0v) is 17.6. The van der Waals surface area contributed by atoms with E-state index in [9.17, 15) is 4.79 Å². The standard InChI is InChI=1S/C25H33N3O/c1-2-3-4-5-6-10-25(29)28-20-18-27(19-21-28)24-15-12-22(13-16-24)11-14-23-9-7-8-17-26-23/h7-9,11-17H,2-6,10,18-21H2,1H3. The van der Waals surface area contributed by atoms with Crippen molar-refractivity contribution in [3.05, 3.63) is 59.9 Å². The van der Waals surface area contributed by atoms with Crippen molar-refractivity contribution in [3.63, 3.8) is 0 Å². The summed E-state index contributed by atoms with van der Waals surface area (Å²) in [5.74, 6) is 0.330. The molecule has 4 nitrogen and oxygen atoms in total. The number of nitrogens with zero attached hydrogens (tertiary/aromatic N) is 3. The number of unbranched alkanes of at least 4 members (excludes halogenated alkanes) is 4. The van der Waals surface area contributed by atoms with E-state index in [0.717, 1.165) is 43.9 Å². The number of rotatable bonds is 9. The third-order valence-electron chi connectivity index (χ3n) is 5.52. The van der Waals surface area contributed by atoms with E-state index in [0.29, 0.717) is 12.3 Å². The van der Waals surface area contributed by atoms with E-state index in [2.05, 4.69) is 47.1 Å². The predicted molar refractivity (Wildman–Crippen MR) is 122 cm³/mol. The number of carbonyl (C=O) groups excluding carboxylic acids is 1. The van der Waals surface area contributed by atoms with E-state index >= 15 is 0 Å². The minimum absolute atomic E-state index is 0.330. The number of anilines is 1. The van der Waals surface area contributed by atoms with Gasteiger partial charge in [0.1, 0.15) is 0 Å². The molecule has 29 heavy (non-hydrogen) atoms. The molecule has 4 heteroatoms. The molecule has 2 heterocycles. The van der Waals surface area contributed by atoms with Gasteiger partial charge in [-0.2, -0.15) is 0 Å². The van der Waals surface area contributed by atoms with Crippen LogP contribution in [0.2, 0.25) is 0 Å². The second-order valence-corrected chi connectivity index (χ2v) is 7.71. The fourth-order valence-corrected chi connectivity index (χ4v) is 3.70. The van der Waals surface area contributed by atoms with E-state index in [-0.39, 0.29) is 0 Å². The Morgan fingerprint density at radius 1 is 0.931 bits per heavy atom. The minimum Gasteiger partial charge on any atom is -0.368 e. The molecule has 0 atom stereocenters. The Kier molecular flexibility index (Phi) is 8.29. The molecule has 0 spiro atoms. The Bertz CT molecular complexity index is 762. The van der Waals surface area contributed by atoms with E-state index < -0.39 is 0 Å². The van der Waals surface area contributed by atoms with Crippen LogP contribution in [0.5, 0.6) is 0 Å². The lowest BCUT2D eigenvalue weighted by atomic mass is 10.1. The molecule has 0 bridgehead atoms. The molecule has 0 radical (unpaired) electrons. The first-order valence-electron chi connectivity index (χ1n) is 11.0. The zero-order valence-electron chi connectivity index (χ0n) is 17.6. The maximum Gasteiger partial charge on any atom is 0.222 e. The summed E-state index contributed by atoms with van der Waals surface area (Å²) >= 11 is 0. The minimum atomic E-state index is 0.330. The Morgan fingerprint density at radius 2 is 1.69 bits per heavy atom. The molecular formula is C25H33N3O. The number of aromatic nitrogens is 1. The quantitative estimate of drug-likeness (QED) is 0.547. The molecular weight excluding hydrogens is 358 g/mol. The van der Waals surface area contributed by atoms with Crippen LogP contribution in [0.25, 0.3) is 12.2 Å². The SMILES string of the molecule is CCCCCCCC(=O)N1CCN(c2ccc(C=Cc3ccccn3)cc2)CC1. The highest BCUT2D eigenvalue weighted by molar-refractivity contribution is 5.76. The number of piperazine rings is 1. The Balaban J connectivity index is 1.43. The lowest BCUT2D eigenvalue weighted by molar-refractivity contribution is -0.131. The van der Waals surface area contributed by atoms with Gasteiger partial charge in [-0.3, -0.25) is 9.78 Å². The summed E-state index contributed by atoms with van der Waals surface area (Å²) in [6.07, 6.45) is 12.6. The van der Waals surface area contributed by atoms with E-state index in [1.165, 1.54) is 31.4 Å². The van der Waals surface area contributed by atoms with Gasteiger partial charge in [0.15, 0.2) is 0 Å². The molecule has 1 aliphatic rings. The van der Waals surface area contributed by atoms with Gasteiger partial charge in [-0.1, -0.05) is 56.9 Å². The molecule has 1 fully saturated rings. The maximum absolute atomic E-state index is 12.4. The smallest absolute Gasteiger partial charge is 0.222 e. The lowest BCUT2D eigenvalue weighted by Crippen LogP contribution is -2.48. The molecule has 2 aromatic rings. The van der Waals surface area contributed by atoms with Crippen LogP contribution >= 0.6 is 0 Å². The number of benzene rings is 1. The molecule has 0 saturated carbocycles. The van der Waals surface area contributed by atoms with Crippen molar-refractivity contribution < 1.29 is 4.79 Å². The van der Waals surface area contributed by atoms with Crippen molar-refractivity contribution in [3.8, 4) is 0 Å². The van der Waals surface area contributed by atoms with Gasteiger partial charge in [0.25, 0.3) is 0 Å². The fourth-order valence-electron chi connectivity index (χ4n) is 3.70. The van der Waals surface area contributed by atoms with Gasteiger partial charge in [0.05, 0.1) is 5.69 Å². The summed E-state index contributed by atoms with van der Waals surface area (Å²) in [5.41, 5.74) is 3.35. The summed E-state index contributed by atoms with van der Waals surface area (Å²) in [6, 6.07) is 14.5. The van der Waals surface area contributed by atoms with Crippen molar-refractivity contribution in [2.24, 2.45) is 0 Å². The van der Waals surface area contributed by atoms with Crippen molar-refractivity contribution in [2.45, 2.75) is 45.4 Å². The van der Waals surface area contributed by atoms with Gasteiger partial charge in [-0.05, 0) is 42.3 Å². The van der Waals surface area contributed by atoms with Crippen LogP contribution in [0.1, 0.15) is 56.7 Å². The summed E-state index contributed by atoms with van der Waals surface area (Å²) in [6.45, 7) is 5.69. The van der Waals surface area contributed by atoms with Gasteiger partial charge < -0.3 is 9.80 Å². The van der Waals surface area contributed by atoms with E-state index in [1.807, 2.05) is 29.2 Å². The molecule has 1 aromatic heterocycles. The highest BCUT2D eigenvalue weighted by Gasteiger charge is 2.20. The second kappa shape index (κ2) is 11.4. The molecule has 3 rings (SSSR count). The van der Waals surface area contributed by atoms with Crippen LogP contribution in [0.15, 0.2) is 48.7 Å². The fraction of sp³-hybridized carbons (Fsp3) is 0.440. The summed E-state index contributed by atoms with van der Waals surface area (Å²) in [5, 5.41) is 0. The van der Waals surface area contributed by atoms with Gasteiger partial charge in [0, 0.05) is 44.5 Å². The number of hydrogen-bond acceptors (Lipinski definition) is 3. The van der Waals surface area contributed by atoms with Crippen LogP contribution in [0.4, 0.5) is 5.69 Å². The normalized spacial score (nSPS) is 14.5. The van der Waals surface area contributed by atoms with Crippen molar-refractivity contribution >= 4 is 23.7 Å². The third kappa shape index (κ3) is 6.74. The molecule has 1 aliphatic heterocycles. The first kappa shape index (κ1) is 21.1. The number of pyridine rings is 1. The highest BCUT2D eigenvalue weighted by Crippen LogP contribution is 2.19. The highest BCUT2D eigenvalue weighted by atomic mass is 16.2. The average Bonchev–Trinajstić information content (AvgIpc) is 2.78. The van der Waals surface area contributed by atoms with E-state index in [4.69, 9.17) is 0 Å². The topological polar surface area (TPSA) is 36.4 Å². The molecule has 0 aliphatic carbocycles. The molecule has 1 amide bonds. The summed E-state index contributed by atoms with van der Waals surface area (Å²) < 4.78 is 0. The maximum atomic E-state index is 12.4. The van der Waals surface area contributed by atoms with Gasteiger partial charge in [-0.15, -0.1) is 0 Å². The Morgan fingerprint density at radius 3 is 2.38 bits per heavy atom. The lowest BCUT2D eigenvalue weighted by Gasteiger charge is -2.36. The zero-order chi connectivity index (χ0) is 20.3. The number of amides is 1. The van der Waals surface area contributed by atoms with Crippen molar-refractivity contribution in [1.82, 2.24) is 9.88 Å². The van der Waals surface area contributed by atoms with Crippen LogP contribution < -0.4 is 4.90 Å². The largest absolute Gasteiger partial charge is 0.368 e. The summed E-state index contributed by atoms with van der Waals surface area (Å²) in [7, 11) is 0. The number of hydrogen-bond donors (Lipinski definition) is 0. The van der Waals surface area contributed by atoms with Crippen LogP contribution in [0.3, 0.4) is 0 Å². The van der Waals surface area contributed by atoms with Crippen LogP contribution in [0, 0.1) is 0 Å². The van der Waals surface area contributed by atoms with Crippen molar-refractivity contribution in [2.75, 3.05) is 31.1 Å². The summed E-state index contributed by atoms with van der Waals surface area (Å²) in [4.78, 5) is 21.1. The van der Waals surface area contributed by atoms with Crippen LogP contribution in [-0.2, 0) is 4.79 Å². The van der Waals surface area contributed by atoms with Crippen molar-refractivity contribution in [1.29, 1.82) is 0 Å². The molecule has 1 aromatic carbocycles.